The van der Waals surface area contributed by atoms with Crippen LogP contribution < -0.4 is 5.32 Å². The van der Waals surface area contributed by atoms with Crippen LogP contribution in [0.1, 0.15) is 42.1 Å². The quantitative estimate of drug-likeness (QED) is 0.775. The minimum atomic E-state index is -3.44. The number of nitrogens with one attached hydrogen (secondary N) is 1. The van der Waals surface area contributed by atoms with Gasteiger partial charge in [0, 0.05) is 18.2 Å². The summed E-state index contributed by atoms with van der Waals surface area (Å²) in [5.41, 5.74) is 1.10. The van der Waals surface area contributed by atoms with Crippen molar-refractivity contribution in [3.63, 3.8) is 0 Å². The Kier molecular flexibility index (Phi) is 6.86. The molecule has 1 amide bonds. The molecule has 0 saturated carbocycles. The maximum atomic E-state index is 12.6. The van der Waals surface area contributed by atoms with E-state index in [1.54, 1.807) is 54.6 Å². The van der Waals surface area contributed by atoms with E-state index < -0.39 is 9.84 Å². The molecule has 1 atom stereocenters. The summed E-state index contributed by atoms with van der Waals surface area (Å²) in [6.07, 6.45) is 3.73. The predicted molar refractivity (Wildman–Crippen MR) is 111 cm³/mol. The summed E-state index contributed by atoms with van der Waals surface area (Å²) >= 11 is 0. The lowest BCUT2D eigenvalue weighted by Gasteiger charge is -2.29. The van der Waals surface area contributed by atoms with Gasteiger partial charge < -0.3 is 10.2 Å². The number of carbonyl (C=O) groups is 1. The zero-order chi connectivity index (χ0) is 20.0. The highest BCUT2D eigenvalue weighted by Gasteiger charge is 2.18. The van der Waals surface area contributed by atoms with Crippen molar-refractivity contribution < 1.29 is 13.2 Å². The van der Waals surface area contributed by atoms with Gasteiger partial charge in [-0.1, -0.05) is 36.8 Å². The molecule has 0 spiro atoms. The normalized spacial score (nSPS) is 16.5. The van der Waals surface area contributed by atoms with E-state index in [9.17, 15) is 13.2 Å². The fourth-order valence-electron chi connectivity index (χ4n) is 3.61. The molecular weight excluding hydrogens is 372 g/mol. The van der Waals surface area contributed by atoms with Gasteiger partial charge in [-0.15, -0.1) is 0 Å². The monoisotopic (exact) mass is 400 g/mol. The molecule has 6 heteroatoms. The van der Waals surface area contributed by atoms with Gasteiger partial charge in [-0.2, -0.15) is 0 Å². The zero-order valence-electron chi connectivity index (χ0n) is 16.3. The number of rotatable bonds is 7. The van der Waals surface area contributed by atoms with Crippen molar-refractivity contribution in [2.24, 2.45) is 0 Å². The molecule has 150 valence electrons. The maximum Gasteiger partial charge on any atom is 0.251 e. The number of benzene rings is 2. The summed E-state index contributed by atoms with van der Waals surface area (Å²) in [7, 11) is -3.44. The van der Waals surface area contributed by atoms with E-state index in [1.165, 1.54) is 19.3 Å². The van der Waals surface area contributed by atoms with Crippen molar-refractivity contribution >= 4 is 15.7 Å². The van der Waals surface area contributed by atoms with Gasteiger partial charge in [-0.25, -0.2) is 8.42 Å². The molecule has 3 rings (SSSR count). The number of carbonyl (C=O) groups excluding carboxylic acids is 1. The average Bonchev–Trinajstić information content (AvgIpc) is 2.69. The molecule has 1 aliphatic rings. The van der Waals surface area contributed by atoms with Gasteiger partial charge in [-0.3, -0.25) is 4.79 Å². The first kappa shape index (κ1) is 20.6. The molecule has 1 saturated heterocycles. The molecular formula is C22H28N2O3S. The minimum Gasteiger partial charge on any atom is -0.348 e. The van der Waals surface area contributed by atoms with E-state index in [4.69, 9.17) is 0 Å². The molecule has 5 nitrogen and oxygen atoms in total. The molecule has 1 aliphatic heterocycles. The summed E-state index contributed by atoms with van der Waals surface area (Å²) < 4.78 is 25.2. The zero-order valence-corrected chi connectivity index (χ0v) is 17.1. The Bertz CT molecular complexity index is 891. The summed E-state index contributed by atoms with van der Waals surface area (Å²) in [5.74, 6) is -0.287. The van der Waals surface area contributed by atoms with Crippen LogP contribution in [0.15, 0.2) is 59.5 Å². The SMILES string of the molecule is CC(CN1CCCCC1)NC(=O)c1cccc(CS(=O)(=O)c2ccccc2)c1. The lowest BCUT2D eigenvalue weighted by atomic mass is 10.1. The van der Waals surface area contributed by atoms with Crippen molar-refractivity contribution in [2.75, 3.05) is 19.6 Å². The molecule has 1 fully saturated rings. The molecule has 0 aromatic heterocycles. The molecule has 2 aromatic carbocycles. The summed E-state index contributed by atoms with van der Waals surface area (Å²) in [6, 6.07) is 15.3. The van der Waals surface area contributed by atoms with Crippen LogP contribution in [-0.4, -0.2) is 44.9 Å². The Morgan fingerprint density at radius 1 is 1.04 bits per heavy atom. The molecule has 0 radical (unpaired) electrons. The second kappa shape index (κ2) is 9.34. The van der Waals surface area contributed by atoms with Crippen LogP contribution >= 0.6 is 0 Å². The Morgan fingerprint density at radius 2 is 1.75 bits per heavy atom. The highest BCUT2D eigenvalue weighted by Crippen LogP contribution is 2.17. The highest BCUT2D eigenvalue weighted by atomic mass is 32.2. The van der Waals surface area contributed by atoms with Crippen LogP contribution in [0.4, 0.5) is 0 Å². The van der Waals surface area contributed by atoms with Gasteiger partial charge in [0.25, 0.3) is 5.91 Å². The van der Waals surface area contributed by atoms with Gasteiger partial charge >= 0.3 is 0 Å². The van der Waals surface area contributed by atoms with E-state index in [0.717, 1.165) is 19.6 Å². The maximum absolute atomic E-state index is 12.6. The molecule has 1 N–H and O–H groups in total. The van der Waals surface area contributed by atoms with Gasteiger partial charge in [0.1, 0.15) is 0 Å². The molecule has 1 heterocycles. The van der Waals surface area contributed by atoms with Gasteiger partial charge in [0.15, 0.2) is 9.84 Å². The molecule has 0 aliphatic carbocycles. The Morgan fingerprint density at radius 3 is 2.46 bits per heavy atom. The first-order valence-electron chi connectivity index (χ1n) is 9.84. The van der Waals surface area contributed by atoms with Crippen LogP contribution in [0.25, 0.3) is 0 Å². The number of nitrogens with zero attached hydrogens (tertiary/aromatic N) is 1. The van der Waals surface area contributed by atoms with Crippen LogP contribution in [0.3, 0.4) is 0 Å². The summed E-state index contributed by atoms with van der Waals surface area (Å²) in [4.78, 5) is 15.3. The number of sulfone groups is 1. The van der Waals surface area contributed by atoms with Crippen molar-refractivity contribution in [2.45, 2.75) is 42.9 Å². The van der Waals surface area contributed by atoms with Crippen molar-refractivity contribution in [3.8, 4) is 0 Å². The van der Waals surface area contributed by atoms with Crippen molar-refractivity contribution in [3.05, 3.63) is 65.7 Å². The summed E-state index contributed by atoms with van der Waals surface area (Å²) in [6.45, 7) is 5.03. The lowest BCUT2D eigenvalue weighted by Crippen LogP contribution is -2.43. The minimum absolute atomic E-state index is 0.0438. The van der Waals surface area contributed by atoms with E-state index in [1.807, 2.05) is 6.92 Å². The van der Waals surface area contributed by atoms with Gasteiger partial charge in [-0.05, 0) is 62.7 Å². The standard InChI is InChI=1S/C22H28N2O3S/c1-18(16-24-13-6-3-7-14-24)23-22(25)20-10-8-9-19(15-20)17-28(26,27)21-11-4-2-5-12-21/h2,4-5,8-12,15,18H,3,6-7,13-14,16-17H2,1H3,(H,23,25). The van der Waals surface area contributed by atoms with Crippen molar-refractivity contribution in [1.82, 2.24) is 10.2 Å². The second-order valence-corrected chi connectivity index (χ2v) is 9.50. The number of hydrogen-bond donors (Lipinski definition) is 1. The van der Waals surface area contributed by atoms with Crippen molar-refractivity contribution in [1.29, 1.82) is 0 Å². The van der Waals surface area contributed by atoms with E-state index in [2.05, 4.69) is 10.2 Å². The predicted octanol–water partition coefficient (Wildman–Crippen LogP) is 3.26. The van der Waals surface area contributed by atoms with E-state index >= 15 is 0 Å². The third-order valence-electron chi connectivity index (χ3n) is 5.01. The van der Waals surface area contributed by atoms with Crippen LogP contribution in [0.2, 0.25) is 0 Å². The van der Waals surface area contributed by atoms with E-state index in [-0.39, 0.29) is 17.7 Å². The average molecular weight is 401 g/mol. The molecule has 1 unspecified atom stereocenters. The molecule has 28 heavy (non-hydrogen) atoms. The molecule has 0 bridgehead atoms. The highest BCUT2D eigenvalue weighted by molar-refractivity contribution is 7.90. The molecule has 2 aromatic rings. The van der Waals surface area contributed by atoms with Crippen LogP contribution in [0, 0.1) is 0 Å². The number of hydrogen-bond acceptors (Lipinski definition) is 4. The van der Waals surface area contributed by atoms with Gasteiger partial charge in [0.05, 0.1) is 10.6 Å². The Labute approximate surface area is 167 Å². The Hall–Kier alpha value is -2.18. The third-order valence-corrected chi connectivity index (χ3v) is 6.71. The number of likely N-dealkylation sites (tertiary alicyclic amines) is 1. The number of amides is 1. The Balaban J connectivity index is 1.63. The van der Waals surface area contributed by atoms with Gasteiger partial charge in [0.2, 0.25) is 0 Å². The third kappa shape index (κ3) is 5.66. The van der Waals surface area contributed by atoms with Crippen LogP contribution in [-0.2, 0) is 15.6 Å². The topological polar surface area (TPSA) is 66.5 Å². The first-order chi connectivity index (χ1) is 13.4. The smallest absolute Gasteiger partial charge is 0.251 e. The van der Waals surface area contributed by atoms with Crippen LogP contribution in [0.5, 0.6) is 0 Å². The first-order valence-corrected chi connectivity index (χ1v) is 11.5. The summed E-state index contributed by atoms with van der Waals surface area (Å²) in [5, 5.41) is 3.04. The largest absolute Gasteiger partial charge is 0.348 e. The fourth-order valence-corrected chi connectivity index (χ4v) is 4.97. The second-order valence-electron chi connectivity index (χ2n) is 7.51. The number of piperidine rings is 1. The van der Waals surface area contributed by atoms with E-state index in [0.29, 0.717) is 16.0 Å². The fraction of sp³-hybridized carbons (Fsp3) is 0.409. The lowest BCUT2D eigenvalue weighted by molar-refractivity contribution is 0.0925.